The Hall–Kier alpha value is -1.80. The van der Waals surface area contributed by atoms with Crippen LogP contribution in [-0.2, 0) is 15.8 Å². The normalized spacial score (nSPS) is 16.1. The number of carbonyl (C=O) groups excluding carboxylic acids is 2. The van der Waals surface area contributed by atoms with Crippen LogP contribution in [0, 0.1) is 0 Å². The standard InChI is InChI=1S/C15H17ClF3N3O2/c1-21-4-6-22(7-5-21)14(24)9-13(23)20-10-2-3-12(16)11(8-10)15(17,18)19/h2-3,8H,4-7,9H2,1H3,(H,20,23). The monoisotopic (exact) mass is 363 g/mol. The predicted octanol–water partition coefficient (Wildman–Crippen LogP) is 2.46. The molecule has 1 saturated heterocycles. The van der Waals surface area contributed by atoms with Crippen molar-refractivity contribution in [1.29, 1.82) is 0 Å². The number of hydrogen-bond donors (Lipinski definition) is 1. The number of piperazine rings is 1. The zero-order chi connectivity index (χ0) is 17.9. The van der Waals surface area contributed by atoms with Crippen molar-refractivity contribution in [3.05, 3.63) is 28.8 Å². The molecule has 5 nitrogen and oxygen atoms in total. The Kier molecular flexibility index (Phi) is 5.71. The third kappa shape index (κ3) is 4.85. The molecule has 24 heavy (non-hydrogen) atoms. The Balaban J connectivity index is 1.96. The number of anilines is 1. The molecule has 0 unspecified atom stereocenters. The molecule has 1 N–H and O–H groups in total. The lowest BCUT2D eigenvalue weighted by Crippen LogP contribution is -2.47. The van der Waals surface area contributed by atoms with Gasteiger partial charge in [0, 0.05) is 31.9 Å². The van der Waals surface area contributed by atoms with Gasteiger partial charge in [-0.25, -0.2) is 0 Å². The molecule has 2 rings (SSSR count). The lowest BCUT2D eigenvalue weighted by molar-refractivity contribution is -0.138. The van der Waals surface area contributed by atoms with Gasteiger partial charge in [-0.1, -0.05) is 11.6 Å². The van der Waals surface area contributed by atoms with Gasteiger partial charge in [0.2, 0.25) is 11.8 Å². The molecular weight excluding hydrogens is 347 g/mol. The number of halogens is 4. The number of likely N-dealkylation sites (N-methyl/N-ethyl adjacent to an activating group) is 1. The molecule has 1 fully saturated rings. The Morgan fingerprint density at radius 1 is 1.21 bits per heavy atom. The number of hydrogen-bond acceptors (Lipinski definition) is 3. The van der Waals surface area contributed by atoms with Gasteiger partial charge in [0.1, 0.15) is 6.42 Å². The highest BCUT2D eigenvalue weighted by Gasteiger charge is 2.33. The zero-order valence-electron chi connectivity index (χ0n) is 13.0. The van der Waals surface area contributed by atoms with Crippen LogP contribution in [0.1, 0.15) is 12.0 Å². The van der Waals surface area contributed by atoms with Crippen molar-refractivity contribution < 1.29 is 22.8 Å². The minimum atomic E-state index is -4.62. The highest BCUT2D eigenvalue weighted by Crippen LogP contribution is 2.36. The van der Waals surface area contributed by atoms with Crippen LogP contribution in [0.4, 0.5) is 18.9 Å². The van der Waals surface area contributed by atoms with Crippen LogP contribution < -0.4 is 5.32 Å². The average Bonchev–Trinajstić information content (AvgIpc) is 2.48. The summed E-state index contributed by atoms with van der Waals surface area (Å²) in [5.41, 5.74) is -1.09. The van der Waals surface area contributed by atoms with Crippen LogP contribution in [-0.4, -0.2) is 54.8 Å². The van der Waals surface area contributed by atoms with Crippen molar-refractivity contribution >= 4 is 29.1 Å². The molecule has 1 aliphatic heterocycles. The summed E-state index contributed by atoms with van der Waals surface area (Å²) in [6, 6.07) is 3.07. The molecular formula is C15H17ClF3N3O2. The van der Waals surface area contributed by atoms with Gasteiger partial charge in [0.25, 0.3) is 0 Å². The molecule has 0 bridgehead atoms. The van der Waals surface area contributed by atoms with Crippen molar-refractivity contribution in [3.63, 3.8) is 0 Å². The van der Waals surface area contributed by atoms with Crippen molar-refractivity contribution in [3.8, 4) is 0 Å². The van der Waals surface area contributed by atoms with Crippen LogP contribution in [0.5, 0.6) is 0 Å². The van der Waals surface area contributed by atoms with E-state index in [0.717, 1.165) is 25.2 Å². The molecule has 0 spiro atoms. The van der Waals surface area contributed by atoms with E-state index in [0.29, 0.717) is 13.1 Å². The first-order valence-electron chi connectivity index (χ1n) is 7.30. The van der Waals surface area contributed by atoms with Gasteiger partial charge >= 0.3 is 6.18 Å². The summed E-state index contributed by atoms with van der Waals surface area (Å²) >= 11 is 5.52. The molecule has 0 atom stereocenters. The van der Waals surface area contributed by atoms with Gasteiger partial charge in [-0.05, 0) is 25.2 Å². The summed E-state index contributed by atoms with van der Waals surface area (Å²) < 4.78 is 38.4. The first-order chi connectivity index (χ1) is 11.2. The molecule has 0 radical (unpaired) electrons. The number of amides is 2. The minimum Gasteiger partial charge on any atom is -0.340 e. The van der Waals surface area contributed by atoms with Crippen LogP contribution in [0.2, 0.25) is 5.02 Å². The third-order valence-corrected chi connectivity index (χ3v) is 4.05. The lowest BCUT2D eigenvalue weighted by atomic mass is 10.2. The predicted molar refractivity (Wildman–Crippen MR) is 83.8 cm³/mol. The third-order valence-electron chi connectivity index (χ3n) is 3.72. The fourth-order valence-electron chi connectivity index (χ4n) is 2.33. The topological polar surface area (TPSA) is 52.7 Å². The largest absolute Gasteiger partial charge is 0.417 e. The molecule has 1 aromatic rings. The van der Waals surface area contributed by atoms with E-state index in [2.05, 4.69) is 10.2 Å². The number of nitrogens with zero attached hydrogens (tertiary/aromatic N) is 2. The molecule has 1 aromatic carbocycles. The van der Waals surface area contributed by atoms with Crippen LogP contribution >= 0.6 is 11.6 Å². The van der Waals surface area contributed by atoms with Crippen LogP contribution in [0.25, 0.3) is 0 Å². The van der Waals surface area contributed by atoms with Gasteiger partial charge < -0.3 is 15.1 Å². The summed E-state index contributed by atoms with van der Waals surface area (Å²) in [5.74, 6) is -1.00. The number of alkyl halides is 3. The number of nitrogens with one attached hydrogen (secondary N) is 1. The fraction of sp³-hybridized carbons (Fsp3) is 0.467. The van der Waals surface area contributed by atoms with E-state index in [9.17, 15) is 22.8 Å². The first kappa shape index (κ1) is 18.5. The van der Waals surface area contributed by atoms with E-state index >= 15 is 0 Å². The van der Waals surface area contributed by atoms with Crippen molar-refractivity contribution in [2.45, 2.75) is 12.6 Å². The van der Waals surface area contributed by atoms with Crippen LogP contribution in [0.15, 0.2) is 18.2 Å². The van der Waals surface area contributed by atoms with Gasteiger partial charge in [-0.15, -0.1) is 0 Å². The number of rotatable bonds is 3. The highest BCUT2D eigenvalue weighted by molar-refractivity contribution is 6.31. The van der Waals surface area contributed by atoms with E-state index < -0.39 is 29.1 Å². The summed E-state index contributed by atoms with van der Waals surface area (Å²) in [4.78, 5) is 27.6. The van der Waals surface area contributed by atoms with Gasteiger partial charge in [0.15, 0.2) is 0 Å². The van der Waals surface area contributed by atoms with Crippen molar-refractivity contribution in [1.82, 2.24) is 9.80 Å². The second-order valence-electron chi connectivity index (χ2n) is 5.60. The molecule has 1 aliphatic rings. The van der Waals surface area contributed by atoms with E-state index in [-0.39, 0.29) is 11.6 Å². The minimum absolute atomic E-state index is 0.0529. The second kappa shape index (κ2) is 7.40. The first-order valence-corrected chi connectivity index (χ1v) is 7.67. The molecule has 132 valence electrons. The van der Waals surface area contributed by atoms with Gasteiger partial charge in [-0.2, -0.15) is 13.2 Å². The highest BCUT2D eigenvalue weighted by atomic mass is 35.5. The van der Waals surface area contributed by atoms with Gasteiger partial charge in [-0.3, -0.25) is 9.59 Å². The maximum atomic E-state index is 12.8. The summed E-state index contributed by atoms with van der Waals surface area (Å²) in [7, 11) is 1.94. The Labute approximate surface area is 142 Å². The van der Waals surface area contributed by atoms with E-state index in [4.69, 9.17) is 11.6 Å². The second-order valence-corrected chi connectivity index (χ2v) is 6.01. The van der Waals surface area contributed by atoms with Crippen molar-refractivity contribution in [2.75, 3.05) is 38.5 Å². The maximum Gasteiger partial charge on any atom is 0.417 e. The van der Waals surface area contributed by atoms with Crippen molar-refractivity contribution in [2.24, 2.45) is 0 Å². The van der Waals surface area contributed by atoms with Crippen LogP contribution in [0.3, 0.4) is 0 Å². The maximum absolute atomic E-state index is 12.8. The van der Waals surface area contributed by atoms with Gasteiger partial charge in [0.05, 0.1) is 10.6 Å². The Bertz CT molecular complexity index is 629. The number of carbonyl (C=O) groups is 2. The lowest BCUT2D eigenvalue weighted by Gasteiger charge is -2.32. The SMILES string of the molecule is CN1CCN(C(=O)CC(=O)Nc2ccc(Cl)c(C(F)(F)F)c2)CC1. The molecule has 0 aromatic heterocycles. The summed E-state index contributed by atoms with van der Waals surface area (Å²) in [6.45, 7) is 2.50. The molecule has 9 heteroatoms. The zero-order valence-corrected chi connectivity index (χ0v) is 13.7. The molecule has 2 amide bonds. The molecule has 0 saturated carbocycles. The Morgan fingerprint density at radius 3 is 2.42 bits per heavy atom. The molecule has 0 aliphatic carbocycles. The average molecular weight is 364 g/mol. The quantitative estimate of drug-likeness (QED) is 0.839. The smallest absolute Gasteiger partial charge is 0.340 e. The summed E-state index contributed by atoms with van der Waals surface area (Å²) in [5, 5.41) is 1.85. The van der Waals surface area contributed by atoms with E-state index in [1.54, 1.807) is 4.90 Å². The van der Waals surface area contributed by atoms with E-state index in [1.807, 2.05) is 7.05 Å². The molecule has 1 heterocycles. The Morgan fingerprint density at radius 2 is 1.83 bits per heavy atom. The number of benzene rings is 1. The van der Waals surface area contributed by atoms with E-state index in [1.165, 1.54) is 6.07 Å². The fourth-order valence-corrected chi connectivity index (χ4v) is 2.56. The summed E-state index contributed by atoms with van der Waals surface area (Å²) in [6.07, 6.45) is -5.03.